The van der Waals surface area contributed by atoms with Gasteiger partial charge in [-0.25, -0.2) is 9.03 Å². The second kappa shape index (κ2) is 8.03. The Kier molecular flexibility index (Phi) is 5.03. The maximum absolute atomic E-state index is 12.0. The molecule has 1 atom stereocenters. The monoisotopic (exact) mass is 463 g/mol. The molecule has 5 rings (SSSR count). The molecule has 0 aromatic heterocycles. The summed E-state index contributed by atoms with van der Waals surface area (Å²) in [7, 11) is -3.86. The smallest absolute Gasteiger partial charge is 0.326 e. The molecule has 33 heavy (non-hydrogen) atoms. The van der Waals surface area contributed by atoms with E-state index in [1.165, 1.54) is 0 Å². The van der Waals surface area contributed by atoms with Crippen LogP contribution in [-0.2, 0) is 15.0 Å². The van der Waals surface area contributed by atoms with Crippen LogP contribution >= 0.6 is 0 Å². The molecular weight excluding hydrogens is 446 g/mol. The Morgan fingerprint density at radius 2 is 1.76 bits per heavy atom. The molecule has 2 aliphatic heterocycles. The number of nitriles is 1. The fourth-order valence-electron chi connectivity index (χ4n) is 3.62. The van der Waals surface area contributed by atoms with Gasteiger partial charge in [0.15, 0.2) is 17.6 Å². The molecule has 0 saturated carbocycles. The van der Waals surface area contributed by atoms with Crippen LogP contribution in [0.25, 0.3) is 0 Å². The second-order valence-electron chi connectivity index (χ2n) is 7.36. The Hall–Kier alpha value is -4.23. The maximum Gasteiger partial charge on any atom is 0.326 e. The molecular formula is C23H17N3O6S. The van der Waals surface area contributed by atoms with Crippen molar-refractivity contribution in [2.45, 2.75) is 6.10 Å². The fourth-order valence-corrected chi connectivity index (χ4v) is 4.77. The Bertz CT molecular complexity index is 1360. The highest BCUT2D eigenvalue weighted by Gasteiger charge is 2.34. The number of anilines is 1. The van der Waals surface area contributed by atoms with Gasteiger partial charge < -0.3 is 14.2 Å². The van der Waals surface area contributed by atoms with Crippen molar-refractivity contribution in [2.24, 2.45) is 0 Å². The Balaban J connectivity index is 1.31. The summed E-state index contributed by atoms with van der Waals surface area (Å²) in [5, 5.41) is 8.93. The van der Waals surface area contributed by atoms with E-state index in [4.69, 9.17) is 19.5 Å². The minimum atomic E-state index is -3.86. The van der Waals surface area contributed by atoms with E-state index in [0.717, 1.165) is 9.87 Å². The van der Waals surface area contributed by atoms with Crippen LogP contribution in [-0.4, -0.2) is 27.5 Å². The topological polar surface area (TPSA) is 118 Å². The number of fused-ring (bicyclic) bond motifs is 1. The van der Waals surface area contributed by atoms with E-state index < -0.39 is 16.1 Å². The van der Waals surface area contributed by atoms with Crippen molar-refractivity contribution in [3.63, 3.8) is 0 Å². The Morgan fingerprint density at radius 1 is 1.03 bits per heavy atom. The summed E-state index contributed by atoms with van der Waals surface area (Å²) in [4.78, 5) is 11.4. The molecule has 9 nitrogen and oxygen atoms in total. The van der Waals surface area contributed by atoms with Crippen molar-refractivity contribution >= 4 is 21.8 Å². The zero-order valence-electron chi connectivity index (χ0n) is 17.1. The number of hydrogen-bond donors (Lipinski definition) is 1. The quantitative estimate of drug-likeness (QED) is 0.618. The van der Waals surface area contributed by atoms with Gasteiger partial charge in [-0.1, -0.05) is 12.1 Å². The van der Waals surface area contributed by atoms with Crippen LogP contribution in [0.5, 0.6) is 23.0 Å². The first-order valence-corrected chi connectivity index (χ1v) is 11.4. The van der Waals surface area contributed by atoms with Crippen molar-refractivity contribution in [2.75, 3.05) is 17.5 Å². The van der Waals surface area contributed by atoms with Gasteiger partial charge >= 0.3 is 10.2 Å². The number of carbonyl (C=O) groups is 1. The molecule has 3 aromatic carbocycles. The molecule has 3 aromatic rings. The minimum absolute atomic E-state index is 0.256. The maximum atomic E-state index is 12.0. The number of nitrogens with one attached hydrogen (secondary N) is 1. The van der Waals surface area contributed by atoms with E-state index in [0.29, 0.717) is 34.2 Å². The van der Waals surface area contributed by atoms with E-state index in [9.17, 15) is 13.2 Å². The van der Waals surface area contributed by atoms with Crippen LogP contribution in [0.4, 0.5) is 5.69 Å². The van der Waals surface area contributed by atoms with Gasteiger partial charge in [-0.15, -0.1) is 0 Å². The first-order valence-electron chi connectivity index (χ1n) is 9.97. The van der Waals surface area contributed by atoms with E-state index in [-0.39, 0.29) is 19.3 Å². The van der Waals surface area contributed by atoms with Gasteiger partial charge in [-0.2, -0.15) is 13.7 Å². The summed E-state index contributed by atoms with van der Waals surface area (Å²) < 4.78 is 44.8. The summed E-state index contributed by atoms with van der Waals surface area (Å²) in [5.41, 5.74) is 1.73. The molecule has 1 fully saturated rings. The molecule has 0 aliphatic carbocycles. The molecule has 0 radical (unpaired) electrons. The zero-order chi connectivity index (χ0) is 23.0. The molecule has 1 amide bonds. The average molecular weight is 463 g/mol. The van der Waals surface area contributed by atoms with Gasteiger partial charge in [-0.05, 0) is 54.6 Å². The van der Waals surface area contributed by atoms with Gasteiger partial charge in [0.1, 0.15) is 24.7 Å². The average Bonchev–Trinajstić information content (AvgIpc) is 3.34. The highest BCUT2D eigenvalue weighted by Crippen LogP contribution is 2.43. The van der Waals surface area contributed by atoms with Crippen LogP contribution < -0.4 is 23.2 Å². The first-order chi connectivity index (χ1) is 15.9. The molecule has 2 aliphatic rings. The van der Waals surface area contributed by atoms with Gasteiger partial charge in [0.2, 0.25) is 0 Å². The first kappa shape index (κ1) is 20.7. The predicted molar refractivity (Wildman–Crippen MR) is 117 cm³/mol. The Labute approximate surface area is 189 Å². The van der Waals surface area contributed by atoms with Gasteiger partial charge in [0, 0.05) is 5.56 Å². The fraction of sp³-hybridized carbons (Fsp3) is 0.130. The lowest BCUT2D eigenvalue weighted by Crippen LogP contribution is -2.29. The number of ether oxygens (including phenoxy) is 3. The zero-order valence-corrected chi connectivity index (χ0v) is 17.9. The highest BCUT2D eigenvalue weighted by molar-refractivity contribution is 7.92. The summed E-state index contributed by atoms with van der Waals surface area (Å²) in [5.74, 6) is 1.64. The molecule has 0 spiro atoms. The highest BCUT2D eigenvalue weighted by atomic mass is 32.2. The van der Waals surface area contributed by atoms with Crippen LogP contribution in [0.1, 0.15) is 17.2 Å². The number of benzene rings is 3. The van der Waals surface area contributed by atoms with Crippen molar-refractivity contribution in [3.8, 4) is 29.1 Å². The number of nitrogens with zero attached hydrogens (tertiary/aromatic N) is 2. The van der Waals surface area contributed by atoms with Crippen molar-refractivity contribution in [3.05, 3.63) is 77.9 Å². The van der Waals surface area contributed by atoms with Crippen molar-refractivity contribution in [1.29, 1.82) is 5.26 Å². The summed E-state index contributed by atoms with van der Waals surface area (Å²) >= 11 is 0. The molecule has 0 unspecified atom stereocenters. The number of rotatable bonds is 5. The molecule has 1 N–H and O–H groups in total. The lowest BCUT2D eigenvalue weighted by molar-refractivity contribution is -0.117. The summed E-state index contributed by atoms with van der Waals surface area (Å²) in [6.07, 6.45) is -0.380. The van der Waals surface area contributed by atoms with Gasteiger partial charge in [0.25, 0.3) is 5.91 Å². The molecule has 10 heteroatoms. The summed E-state index contributed by atoms with van der Waals surface area (Å²) in [6.45, 7) is 0.0259. The van der Waals surface area contributed by atoms with E-state index in [1.807, 2.05) is 16.9 Å². The SMILES string of the molecule is N#Cc1ccc(Oc2cccc3c2OC[C@H]3Oc2ccc(N3CC(=O)NS3(=O)=O)cc2)cc1. The second-order valence-corrected chi connectivity index (χ2v) is 8.96. The lowest BCUT2D eigenvalue weighted by Gasteiger charge is -2.16. The van der Waals surface area contributed by atoms with Crippen molar-refractivity contribution in [1.82, 2.24) is 4.72 Å². The van der Waals surface area contributed by atoms with Crippen LogP contribution in [0.15, 0.2) is 66.7 Å². The van der Waals surface area contributed by atoms with Crippen LogP contribution in [0.3, 0.4) is 0 Å². The normalized spacial score (nSPS) is 18.1. The number of carbonyl (C=O) groups excluding carboxylic acids is 1. The van der Waals surface area contributed by atoms with E-state index in [2.05, 4.69) is 6.07 Å². The third kappa shape index (κ3) is 4.02. The molecule has 1 saturated heterocycles. The third-order valence-corrected chi connectivity index (χ3v) is 6.58. The van der Waals surface area contributed by atoms with Gasteiger partial charge in [0.05, 0.1) is 17.3 Å². The van der Waals surface area contributed by atoms with Crippen molar-refractivity contribution < 1.29 is 27.4 Å². The molecule has 2 heterocycles. The molecule has 0 bridgehead atoms. The van der Waals surface area contributed by atoms with Gasteiger partial charge in [-0.3, -0.25) is 4.79 Å². The number of para-hydroxylation sites is 1. The predicted octanol–water partition coefficient (Wildman–Crippen LogP) is 3.04. The standard InChI is InChI=1S/C23H17N3O6S/c24-12-15-4-8-17(9-5-15)31-20-3-1-2-19-21(14-30-23(19)20)32-18-10-6-16(7-11-18)26-13-22(27)25-33(26,28)29/h1-11,21H,13-14H2,(H,25,27)/t21-/m1/s1. The third-order valence-electron chi connectivity index (χ3n) is 5.17. The minimum Gasteiger partial charge on any atom is -0.485 e. The number of hydrogen-bond acceptors (Lipinski definition) is 7. The van der Waals surface area contributed by atoms with E-state index >= 15 is 0 Å². The summed E-state index contributed by atoms with van der Waals surface area (Å²) in [6, 6.07) is 20.8. The van der Waals surface area contributed by atoms with Crippen LogP contribution in [0, 0.1) is 11.3 Å². The van der Waals surface area contributed by atoms with E-state index in [1.54, 1.807) is 54.6 Å². The lowest BCUT2D eigenvalue weighted by atomic mass is 10.1. The number of amides is 1. The molecule has 166 valence electrons. The Morgan fingerprint density at radius 3 is 2.42 bits per heavy atom. The van der Waals surface area contributed by atoms with Crippen LogP contribution in [0.2, 0.25) is 0 Å². The largest absolute Gasteiger partial charge is 0.485 e.